The average molecular weight is 536 g/mol. The Balaban J connectivity index is 3.36. The summed E-state index contributed by atoms with van der Waals surface area (Å²) in [5.41, 5.74) is 6.53. The van der Waals surface area contributed by atoms with Gasteiger partial charge >= 0.3 is 23.9 Å². The molecule has 0 aromatic heterocycles. The number of nitrogens with two attached hydrogens (primary N) is 1. The van der Waals surface area contributed by atoms with Gasteiger partial charge in [0.15, 0.2) is 11.5 Å². The Morgan fingerprint density at radius 2 is 1.34 bits per heavy atom. The fourth-order valence-electron chi connectivity index (χ4n) is 3.85. The Bertz CT molecular complexity index is 945. The second-order valence-electron chi connectivity index (χ2n) is 10.7. The van der Waals surface area contributed by atoms with E-state index in [1.807, 2.05) is 41.5 Å². The Labute approximate surface area is 226 Å². The molecule has 5 atom stereocenters. The standard InChI is InChI=1S/C29H45NO8/c1-8-18(5)13-25(32)37-22-11-10-21(15-23(22)38-26(33)14-19(6)9-2)27(28(30)29(34)35)20(7)16-36-24(31)12-17(3)4/h10-11,15,17-20,27-28H,8-9,12-14,16,30H2,1-7H3,(H,34,35)/t18?,19?,20?,27?,28-/m0/s1. The number of aliphatic carboxylic acids is 1. The second kappa shape index (κ2) is 16.1. The van der Waals surface area contributed by atoms with E-state index in [9.17, 15) is 24.3 Å². The summed E-state index contributed by atoms with van der Waals surface area (Å²) in [5.74, 6) is -3.40. The topological polar surface area (TPSA) is 142 Å². The van der Waals surface area contributed by atoms with Crippen LogP contribution in [0.4, 0.5) is 0 Å². The smallest absolute Gasteiger partial charge is 0.321 e. The summed E-state index contributed by atoms with van der Waals surface area (Å²) in [5, 5.41) is 9.69. The van der Waals surface area contributed by atoms with Crippen molar-refractivity contribution in [3.8, 4) is 11.5 Å². The molecule has 38 heavy (non-hydrogen) atoms. The Hall–Kier alpha value is -2.94. The summed E-state index contributed by atoms with van der Waals surface area (Å²) in [7, 11) is 0. The number of carbonyl (C=O) groups is 4. The molecule has 0 aliphatic heterocycles. The van der Waals surface area contributed by atoms with Gasteiger partial charge in [0.1, 0.15) is 6.04 Å². The quantitative estimate of drug-likeness (QED) is 0.218. The van der Waals surface area contributed by atoms with Gasteiger partial charge in [-0.2, -0.15) is 0 Å². The van der Waals surface area contributed by atoms with Gasteiger partial charge in [0.05, 0.1) is 6.61 Å². The van der Waals surface area contributed by atoms with Crippen LogP contribution in [0.15, 0.2) is 18.2 Å². The summed E-state index contributed by atoms with van der Waals surface area (Å²) in [6.45, 7) is 13.3. The van der Waals surface area contributed by atoms with E-state index in [2.05, 4.69) is 0 Å². The minimum Gasteiger partial charge on any atom is -0.480 e. The van der Waals surface area contributed by atoms with Crippen LogP contribution < -0.4 is 15.2 Å². The zero-order chi connectivity index (χ0) is 29.0. The molecule has 214 valence electrons. The molecule has 0 bridgehead atoms. The average Bonchev–Trinajstić information content (AvgIpc) is 2.83. The molecule has 0 saturated carbocycles. The van der Waals surface area contributed by atoms with Crippen LogP contribution in [0, 0.1) is 23.7 Å². The van der Waals surface area contributed by atoms with Crippen molar-refractivity contribution >= 4 is 23.9 Å². The number of carboxylic acid groups (broad SMARTS) is 1. The van der Waals surface area contributed by atoms with Crippen molar-refractivity contribution in [1.82, 2.24) is 0 Å². The summed E-state index contributed by atoms with van der Waals surface area (Å²) in [4.78, 5) is 49.1. The minimum atomic E-state index is -1.32. The first-order chi connectivity index (χ1) is 17.8. The molecule has 0 heterocycles. The highest BCUT2D eigenvalue weighted by Crippen LogP contribution is 2.36. The van der Waals surface area contributed by atoms with Crippen LogP contribution >= 0.6 is 0 Å². The number of hydrogen-bond acceptors (Lipinski definition) is 8. The molecule has 0 amide bonds. The van der Waals surface area contributed by atoms with Gasteiger partial charge in [0, 0.05) is 25.2 Å². The molecule has 1 aromatic carbocycles. The third kappa shape index (κ3) is 11.2. The van der Waals surface area contributed by atoms with E-state index in [1.54, 1.807) is 13.0 Å². The summed E-state index contributed by atoms with van der Waals surface area (Å²) >= 11 is 0. The molecule has 0 spiro atoms. The van der Waals surface area contributed by atoms with Gasteiger partial charge in [-0.05, 0) is 41.4 Å². The van der Waals surface area contributed by atoms with Crippen molar-refractivity contribution in [2.24, 2.45) is 29.4 Å². The highest BCUT2D eigenvalue weighted by Gasteiger charge is 2.33. The first kappa shape index (κ1) is 33.1. The summed E-state index contributed by atoms with van der Waals surface area (Å²) in [6.07, 6.45) is 2.20. The lowest BCUT2D eigenvalue weighted by Crippen LogP contribution is -2.40. The van der Waals surface area contributed by atoms with Crippen molar-refractivity contribution in [2.75, 3.05) is 6.61 Å². The maximum absolute atomic E-state index is 12.6. The first-order valence-corrected chi connectivity index (χ1v) is 13.5. The fraction of sp³-hybridized carbons (Fsp3) is 0.655. The zero-order valence-electron chi connectivity index (χ0n) is 23.8. The number of rotatable bonds is 16. The van der Waals surface area contributed by atoms with E-state index < -0.39 is 35.8 Å². The molecule has 0 saturated heterocycles. The van der Waals surface area contributed by atoms with Gasteiger partial charge in [-0.1, -0.05) is 67.4 Å². The molecule has 0 fully saturated rings. The van der Waals surface area contributed by atoms with Gasteiger partial charge in [-0.3, -0.25) is 19.2 Å². The monoisotopic (exact) mass is 535 g/mol. The van der Waals surface area contributed by atoms with Gasteiger partial charge in [-0.25, -0.2) is 0 Å². The van der Waals surface area contributed by atoms with Crippen LogP contribution in [-0.2, 0) is 23.9 Å². The molecule has 1 rings (SSSR count). The Morgan fingerprint density at radius 3 is 1.82 bits per heavy atom. The number of ether oxygens (including phenoxy) is 3. The Kier molecular flexibility index (Phi) is 14.0. The van der Waals surface area contributed by atoms with Gasteiger partial charge in [-0.15, -0.1) is 0 Å². The lowest BCUT2D eigenvalue weighted by atomic mass is 9.82. The fourth-order valence-corrected chi connectivity index (χ4v) is 3.85. The van der Waals surface area contributed by atoms with Crippen LogP contribution in [-0.4, -0.2) is 41.6 Å². The highest BCUT2D eigenvalue weighted by molar-refractivity contribution is 5.77. The SMILES string of the molecule is CCC(C)CC(=O)Oc1ccc(C(C(C)COC(=O)CC(C)C)[C@H](N)C(=O)O)cc1OC(=O)CC(C)CC. The second-order valence-corrected chi connectivity index (χ2v) is 10.7. The third-order valence-corrected chi connectivity index (χ3v) is 6.59. The summed E-state index contributed by atoms with van der Waals surface area (Å²) < 4.78 is 16.5. The zero-order valence-corrected chi connectivity index (χ0v) is 23.8. The predicted molar refractivity (Wildman–Crippen MR) is 144 cm³/mol. The van der Waals surface area contributed by atoms with Gasteiger partial charge < -0.3 is 25.1 Å². The maximum atomic E-state index is 12.6. The molecule has 1 aromatic rings. The van der Waals surface area contributed by atoms with E-state index in [1.165, 1.54) is 12.1 Å². The van der Waals surface area contributed by atoms with Crippen LogP contribution in [0.2, 0.25) is 0 Å². The van der Waals surface area contributed by atoms with Crippen molar-refractivity contribution < 1.29 is 38.5 Å². The first-order valence-electron chi connectivity index (χ1n) is 13.5. The molecule has 0 aliphatic rings. The normalized spacial score (nSPS) is 15.2. The Morgan fingerprint density at radius 1 is 0.816 bits per heavy atom. The van der Waals surface area contributed by atoms with Crippen LogP contribution in [0.25, 0.3) is 0 Å². The van der Waals surface area contributed by atoms with E-state index in [0.29, 0.717) is 5.56 Å². The van der Waals surface area contributed by atoms with Crippen molar-refractivity contribution in [2.45, 2.75) is 92.5 Å². The number of carbonyl (C=O) groups excluding carboxylic acids is 3. The van der Waals surface area contributed by atoms with Gasteiger partial charge in [0.2, 0.25) is 0 Å². The van der Waals surface area contributed by atoms with E-state index in [0.717, 1.165) is 12.8 Å². The molecule has 9 heteroatoms. The van der Waals surface area contributed by atoms with Crippen LogP contribution in [0.5, 0.6) is 11.5 Å². The van der Waals surface area contributed by atoms with Crippen LogP contribution in [0.3, 0.4) is 0 Å². The summed E-state index contributed by atoms with van der Waals surface area (Å²) in [6, 6.07) is 3.24. The van der Waals surface area contributed by atoms with Crippen molar-refractivity contribution in [3.63, 3.8) is 0 Å². The molecule has 9 nitrogen and oxygen atoms in total. The molecule has 3 N–H and O–H groups in total. The van der Waals surface area contributed by atoms with Crippen LogP contribution in [0.1, 0.15) is 92.1 Å². The van der Waals surface area contributed by atoms with E-state index >= 15 is 0 Å². The largest absolute Gasteiger partial charge is 0.480 e. The molecule has 0 radical (unpaired) electrons. The van der Waals surface area contributed by atoms with Crippen molar-refractivity contribution in [3.05, 3.63) is 23.8 Å². The number of carboxylic acids is 1. The molecule has 4 unspecified atom stereocenters. The highest BCUT2D eigenvalue weighted by atomic mass is 16.6. The lowest BCUT2D eigenvalue weighted by molar-refractivity contribution is -0.146. The lowest BCUT2D eigenvalue weighted by Gasteiger charge is -2.28. The molecular formula is C29H45NO8. The number of esters is 3. The molecular weight excluding hydrogens is 490 g/mol. The van der Waals surface area contributed by atoms with Gasteiger partial charge in [0.25, 0.3) is 0 Å². The van der Waals surface area contributed by atoms with E-state index in [4.69, 9.17) is 19.9 Å². The van der Waals surface area contributed by atoms with Crippen molar-refractivity contribution in [1.29, 1.82) is 0 Å². The maximum Gasteiger partial charge on any atom is 0.321 e. The predicted octanol–water partition coefficient (Wildman–Crippen LogP) is 5.09. The molecule has 0 aliphatic carbocycles. The van der Waals surface area contributed by atoms with E-state index in [-0.39, 0.29) is 61.1 Å². The number of benzene rings is 1. The number of hydrogen-bond donors (Lipinski definition) is 2. The minimum absolute atomic E-state index is 0.0138. The third-order valence-electron chi connectivity index (χ3n) is 6.59.